The molecule has 0 radical (unpaired) electrons. The van der Waals surface area contributed by atoms with Gasteiger partial charge < -0.3 is 25.2 Å². The van der Waals surface area contributed by atoms with Crippen molar-refractivity contribution in [2.45, 2.75) is 26.3 Å². The van der Waals surface area contributed by atoms with Crippen molar-refractivity contribution in [2.24, 2.45) is 0 Å². The molecule has 0 saturated heterocycles. The highest BCUT2D eigenvalue weighted by Gasteiger charge is 2.27. The van der Waals surface area contributed by atoms with Gasteiger partial charge in [0.1, 0.15) is 5.75 Å². The summed E-state index contributed by atoms with van der Waals surface area (Å²) in [7, 11) is 0. The molecule has 1 aromatic carbocycles. The van der Waals surface area contributed by atoms with Crippen LogP contribution in [0.5, 0.6) is 5.75 Å². The van der Waals surface area contributed by atoms with Crippen molar-refractivity contribution in [1.82, 2.24) is 14.7 Å². The third kappa shape index (κ3) is 12.2. The first kappa shape index (κ1) is 29.8. The number of carboxylic acid groups (broad SMARTS) is 4. The number of hydrogen-bond acceptors (Lipinski definition) is 8. The average Bonchev–Trinajstić information content (AvgIpc) is 2.75. The maximum Gasteiger partial charge on any atom is 0.317 e. The summed E-state index contributed by atoms with van der Waals surface area (Å²) in [6.45, 7) is 3.32. The normalized spacial score (nSPS) is 12.1. The molecule has 0 aliphatic carbocycles. The van der Waals surface area contributed by atoms with Gasteiger partial charge in [-0.05, 0) is 31.5 Å². The van der Waals surface area contributed by atoms with E-state index < -0.39 is 43.0 Å². The molecule has 0 amide bonds. The minimum absolute atomic E-state index is 0.0535. The number of benzene rings is 1. The van der Waals surface area contributed by atoms with Gasteiger partial charge in [-0.2, -0.15) is 0 Å². The van der Waals surface area contributed by atoms with Gasteiger partial charge in [0.15, 0.2) is 0 Å². The van der Waals surface area contributed by atoms with Crippen LogP contribution < -0.4 is 4.74 Å². The third-order valence-electron chi connectivity index (χ3n) is 5.29. The monoisotopic (exact) mass is 497 g/mol. The van der Waals surface area contributed by atoms with Crippen LogP contribution in [0, 0.1) is 0 Å². The zero-order valence-corrected chi connectivity index (χ0v) is 20.1. The fourth-order valence-electron chi connectivity index (χ4n) is 3.74. The Morgan fingerprint density at radius 3 is 1.83 bits per heavy atom. The quantitative estimate of drug-likeness (QED) is 0.206. The number of aliphatic carboxylic acids is 4. The Kier molecular flexibility index (Phi) is 13.3. The van der Waals surface area contributed by atoms with Crippen LogP contribution in [0.1, 0.15) is 19.4 Å². The smallest absolute Gasteiger partial charge is 0.317 e. The Morgan fingerprint density at radius 1 is 0.800 bits per heavy atom. The third-order valence-corrected chi connectivity index (χ3v) is 5.29. The molecule has 1 atom stereocenters. The highest BCUT2D eigenvalue weighted by atomic mass is 16.5. The number of carbonyl (C=O) groups is 4. The van der Waals surface area contributed by atoms with Gasteiger partial charge in [-0.15, -0.1) is 0 Å². The standard InChI is InChI=1S/C23H35N3O9/c1-3-24(13-20(27)28)9-10-25(14-21(29)30)12-18(26(15-22(31)32)16-23(33)34)11-17-7-5-6-8-19(17)35-4-2/h5-8,18H,3-4,9-16H2,1-2H3,(H,27,28)(H,29,30)(H,31,32)(H,33,34)/t18-/m0/s1. The topological polar surface area (TPSA) is 168 Å². The second-order valence-corrected chi connectivity index (χ2v) is 7.98. The van der Waals surface area contributed by atoms with Gasteiger partial charge in [0, 0.05) is 25.7 Å². The Balaban J connectivity index is 3.25. The lowest BCUT2D eigenvalue weighted by molar-refractivity contribution is -0.144. The van der Waals surface area contributed by atoms with Gasteiger partial charge in [-0.1, -0.05) is 25.1 Å². The highest BCUT2D eigenvalue weighted by Crippen LogP contribution is 2.22. The molecule has 0 fully saturated rings. The maximum absolute atomic E-state index is 11.5. The van der Waals surface area contributed by atoms with Crippen molar-refractivity contribution in [2.75, 3.05) is 59.0 Å². The summed E-state index contributed by atoms with van der Waals surface area (Å²) in [5.74, 6) is -3.96. The van der Waals surface area contributed by atoms with Crippen molar-refractivity contribution in [1.29, 1.82) is 0 Å². The molecule has 0 aliphatic rings. The number of ether oxygens (including phenoxy) is 1. The molecule has 0 aromatic heterocycles. The molecule has 12 nitrogen and oxygen atoms in total. The van der Waals surface area contributed by atoms with E-state index in [1.807, 2.05) is 6.92 Å². The Hall–Kier alpha value is -3.22. The number of likely N-dealkylation sites (N-methyl/N-ethyl adjacent to an activating group) is 1. The van der Waals surface area contributed by atoms with Crippen LogP contribution >= 0.6 is 0 Å². The van der Waals surface area contributed by atoms with Gasteiger partial charge in [0.2, 0.25) is 0 Å². The molecule has 4 N–H and O–H groups in total. The van der Waals surface area contributed by atoms with E-state index in [-0.39, 0.29) is 39.1 Å². The summed E-state index contributed by atoms with van der Waals surface area (Å²) >= 11 is 0. The molecule has 196 valence electrons. The Morgan fingerprint density at radius 2 is 1.31 bits per heavy atom. The van der Waals surface area contributed by atoms with Crippen LogP contribution in [-0.4, -0.2) is 124 Å². The second-order valence-electron chi connectivity index (χ2n) is 7.98. The van der Waals surface area contributed by atoms with E-state index in [1.54, 1.807) is 41.0 Å². The van der Waals surface area contributed by atoms with Gasteiger partial charge in [-0.3, -0.25) is 33.9 Å². The number of para-hydroxylation sites is 1. The molecule has 1 rings (SSSR count). The van der Waals surface area contributed by atoms with Crippen molar-refractivity contribution in [3.8, 4) is 5.75 Å². The molecule has 35 heavy (non-hydrogen) atoms. The van der Waals surface area contributed by atoms with Crippen LogP contribution in [0.15, 0.2) is 24.3 Å². The van der Waals surface area contributed by atoms with Crippen molar-refractivity contribution < 1.29 is 44.3 Å². The largest absolute Gasteiger partial charge is 0.494 e. The lowest BCUT2D eigenvalue weighted by Gasteiger charge is -2.34. The van der Waals surface area contributed by atoms with E-state index in [2.05, 4.69) is 0 Å². The summed E-state index contributed by atoms with van der Waals surface area (Å²) in [4.78, 5) is 50.1. The first-order valence-electron chi connectivity index (χ1n) is 11.3. The highest BCUT2D eigenvalue weighted by molar-refractivity contribution is 5.73. The molecule has 1 aromatic rings. The summed E-state index contributed by atoms with van der Waals surface area (Å²) in [5, 5.41) is 37.3. The van der Waals surface area contributed by atoms with E-state index >= 15 is 0 Å². The minimum Gasteiger partial charge on any atom is -0.494 e. The van der Waals surface area contributed by atoms with Crippen molar-refractivity contribution in [3.05, 3.63) is 29.8 Å². The molecule has 0 spiro atoms. The predicted molar refractivity (Wildman–Crippen MR) is 126 cm³/mol. The summed E-state index contributed by atoms with van der Waals surface area (Å²) in [6.07, 6.45) is 0.222. The molecule has 0 saturated carbocycles. The molecular formula is C23H35N3O9. The number of rotatable bonds is 19. The van der Waals surface area contributed by atoms with Crippen LogP contribution in [-0.2, 0) is 25.6 Å². The van der Waals surface area contributed by atoms with E-state index in [1.165, 1.54) is 4.90 Å². The van der Waals surface area contributed by atoms with Gasteiger partial charge in [-0.25, -0.2) is 0 Å². The zero-order chi connectivity index (χ0) is 26.4. The minimum atomic E-state index is -1.21. The SMILES string of the molecule is CCOc1ccccc1C[C@@H](CN(CCN(CC)CC(=O)O)CC(=O)O)N(CC(=O)O)CC(=O)O. The number of carboxylic acids is 4. The maximum atomic E-state index is 11.5. The summed E-state index contributed by atoms with van der Waals surface area (Å²) < 4.78 is 5.66. The average molecular weight is 498 g/mol. The van der Waals surface area contributed by atoms with Crippen LogP contribution in [0.3, 0.4) is 0 Å². The Labute approximate surface area is 204 Å². The first-order chi connectivity index (χ1) is 16.5. The first-order valence-corrected chi connectivity index (χ1v) is 11.3. The number of hydrogen-bond donors (Lipinski definition) is 4. The van der Waals surface area contributed by atoms with E-state index in [0.717, 1.165) is 5.56 Å². The fraction of sp³-hybridized carbons (Fsp3) is 0.565. The Bertz CT molecular complexity index is 833. The van der Waals surface area contributed by atoms with Crippen molar-refractivity contribution in [3.63, 3.8) is 0 Å². The van der Waals surface area contributed by atoms with Crippen LogP contribution in [0.2, 0.25) is 0 Å². The molecule has 0 heterocycles. The van der Waals surface area contributed by atoms with E-state index in [0.29, 0.717) is 18.9 Å². The predicted octanol–water partition coefficient (Wildman–Crippen LogP) is 0.261. The molecule has 0 unspecified atom stereocenters. The second kappa shape index (κ2) is 15.6. The van der Waals surface area contributed by atoms with E-state index in [9.17, 15) is 34.5 Å². The molecule has 0 bridgehead atoms. The lowest BCUT2D eigenvalue weighted by Crippen LogP contribution is -2.51. The lowest BCUT2D eigenvalue weighted by atomic mass is 10.0. The molecular weight excluding hydrogens is 462 g/mol. The fourth-order valence-corrected chi connectivity index (χ4v) is 3.74. The van der Waals surface area contributed by atoms with Gasteiger partial charge >= 0.3 is 23.9 Å². The summed E-state index contributed by atoms with van der Waals surface area (Å²) in [5.41, 5.74) is 0.733. The van der Waals surface area contributed by atoms with Crippen LogP contribution in [0.4, 0.5) is 0 Å². The van der Waals surface area contributed by atoms with Gasteiger partial charge in [0.25, 0.3) is 0 Å². The summed E-state index contributed by atoms with van der Waals surface area (Å²) in [6, 6.07) is 6.46. The van der Waals surface area contributed by atoms with E-state index in [4.69, 9.17) is 9.84 Å². The van der Waals surface area contributed by atoms with Crippen molar-refractivity contribution >= 4 is 23.9 Å². The zero-order valence-electron chi connectivity index (χ0n) is 20.1. The number of nitrogens with zero attached hydrogens (tertiary/aromatic N) is 3. The molecule has 0 aliphatic heterocycles. The van der Waals surface area contributed by atoms with Crippen LogP contribution in [0.25, 0.3) is 0 Å². The van der Waals surface area contributed by atoms with Gasteiger partial charge in [0.05, 0.1) is 32.8 Å². The molecule has 12 heteroatoms.